The van der Waals surface area contributed by atoms with Crippen LogP contribution in [0.15, 0.2) is 12.7 Å². The summed E-state index contributed by atoms with van der Waals surface area (Å²) in [6.45, 7) is 11.0. The van der Waals surface area contributed by atoms with Crippen molar-refractivity contribution >= 4 is 0 Å². The molecule has 0 amide bonds. The van der Waals surface area contributed by atoms with Crippen LogP contribution in [-0.2, 0) is 0 Å². The summed E-state index contributed by atoms with van der Waals surface area (Å²) < 4.78 is 0. The highest BCUT2D eigenvalue weighted by Crippen LogP contribution is 2.37. The quantitative estimate of drug-likeness (QED) is 0.504. The van der Waals surface area contributed by atoms with Gasteiger partial charge in [-0.15, -0.1) is 6.58 Å². The highest BCUT2D eigenvalue weighted by atomic mass is 14.3. The summed E-state index contributed by atoms with van der Waals surface area (Å²) in [7, 11) is 0. The van der Waals surface area contributed by atoms with Crippen molar-refractivity contribution in [1.82, 2.24) is 0 Å². The first-order chi connectivity index (χ1) is 5.15. The number of hydrogen-bond acceptors (Lipinski definition) is 0. The lowest BCUT2D eigenvalue weighted by Gasteiger charge is -2.36. The van der Waals surface area contributed by atoms with Crippen molar-refractivity contribution in [2.45, 2.75) is 33.6 Å². The van der Waals surface area contributed by atoms with E-state index in [1.807, 2.05) is 0 Å². The molecule has 0 saturated heterocycles. The minimum Gasteiger partial charge on any atom is -0.103 e. The summed E-state index contributed by atoms with van der Waals surface area (Å²) in [5.74, 6) is 3.40. The van der Waals surface area contributed by atoms with Gasteiger partial charge in [-0.1, -0.05) is 26.8 Å². The summed E-state index contributed by atoms with van der Waals surface area (Å²) >= 11 is 0. The molecule has 0 aromatic heterocycles. The van der Waals surface area contributed by atoms with E-state index < -0.39 is 0 Å². The maximum absolute atomic E-state index is 3.91. The maximum atomic E-state index is 3.91. The van der Waals surface area contributed by atoms with Crippen LogP contribution in [0.3, 0.4) is 0 Å². The molecule has 0 aromatic carbocycles. The Balaban J connectivity index is 2.58. The Morgan fingerprint density at radius 2 is 1.55 bits per heavy atom. The largest absolute Gasteiger partial charge is 0.103 e. The van der Waals surface area contributed by atoms with Gasteiger partial charge in [0.05, 0.1) is 0 Å². The van der Waals surface area contributed by atoms with Gasteiger partial charge in [0.1, 0.15) is 0 Å². The molecular weight excluding hydrogens is 132 g/mol. The van der Waals surface area contributed by atoms with Crippen LogP contribution in [0.2, 0.25) is 0 Å². The highest BCUT2D eigenvalue weighted by Gasteiger charge is 2.28. The van der Waals surface area contributed by atoms with Gasteiger partial charge in [0.2, 0.25) is 0 Å². The Kier molecular flexibility index (Phi) is 2.75. The molecule has 1 aliphatic rings. The Morgan fingerprint density at radius 3 is 1.91 bits per heavy atom. The lowest BCUT2D eigenvalue weighted by atomic mass is 9.70. The predicted molar refractivity (Wildman–Crippen MR) is 50.4 cm³/mol. The monoisotopic (exact) mass is 152 g/mol. The number of rotatable bonds is 1. The molecule has 0 heterocycles. The Bertz CT molecular complexity index is 125. The molecule has 0 heteroatoms. The minimum atomic E-state index is 0.770. The molecule has 0 aliphatic heterocycles. The Hall–Kier alpha value is -0.260. The predicted octanol–water partition coefficient (Wildman–Crippen LogP) is 3.49. The molecule has 0 radical (unpaired) electrons. The molecule has 1 aliphatic carbocycles. The van der Waals surface area contributed by atoms with E-state index in [0.29, 0.717) is 0 Å². The third-order valence-corrected chi connectivity index (χ3v) is 3.13. The van der Waals surface area contributed by atoms with Crippen LogP contribution >= 0.6 is 0 Å². The molecule has 11 heavy (non-hydrogen) atoms. The fourth-order valence-electron chi connectivity index (χ4n) is 2.71. The summed E-state index contributed by atoms with van der Waals surface area (Å²) in [6, 6.07) is 0. The number of hydrogen-bond donors (Lipinski definition) is 0. The van der Waals surface area contributed by atoms with Crippen LogP contribution in [0.5, 0.6) is 0 Å². The van der Waals surface area contributed by atoms with E-state index >= 15 is 0 Å². The highest BCUT2D eigenvalue weighted by molar-refractivity contribution is 4.90. The van der Waals surface area contributed by atoms with Crippen LogP contribution in [0.1, 0.15) is 33.6 Å². The van der Waals surface area contributed by atoms with E-state index in [0.717, 1.165) is 23.7 Å². The number of allylic oxidation sites excluding steroid dienone is 1. The van der Waals surface area contributed by atoms with Crippen LogP contribution in [-0.4, -0.2) is 0 Å². The molecule has 0 bridgehead atoms. The SMILES string of the molecule is C=CC1C(C)CC(C)CC1C. The van der Waals surface area contributed by atoms with Crippen molar-refractivity contribution in [2.75, 3.05) is 0 Å². The Labute approximate surface area is 70.7 Å². The van der Waals surface area contributed by atoms with E-state index in [1.54, 1.807) is 0 Å². The molecule has 0 N–H and O–H groups in total. The van der Waals surface area contributed by atoms with Crippen LogP contribution < -0.4 is 0 Å². The zero-order valence-corrected chi connectivity index (χ0v) is 8.01. The maximum Gasteiger partial charge on any atom is -0.0185 e. The van der Waals surface area contributed by atoms with Crippen LogP contribution in [0.25, 0.3) is 0 Å². The molecule has 1 saturated carbocycles. The zero-order chi connectivity index (χ0) is 8.43. The van der Waals surface area contributed by atoms with Gasteiger partial charge in [-0.3, -0.25) is 0 Å². The van der Waals surface area contributed by atoms with Gasteiger partial charge in [-0.25, -0.2) is 0 Å². The van der Waals surface area contributed by atoms with E-state index in [4.69, 9.17) is 0 Å². The average molecular weight is 152 g/mol. The summed E-state index contributed by atoms with van der Waals surface area (Å²) in [6.07, 6.45) is 4.93. The topological polar surface area (TPSA) is 0 Å². The fourth-order valence-corrected chi connectivity index (χ4v) is 2.71. The third kappa shape index (κ3) is 1.85. The first-order valence-corrected chi connectivity index (χ1v) is 4.77. The standard InChI is InChI=1S/C11H20/c1-5-11-9(3)6-8(2)7-10(11)4/h5,8-11H,1,6-7H2,2-4H3. The second kappa shape index (κ2) is 3.42. The van der Waals surface area contributed by atoms with E-state index in [1.165, 1.54) is 12.8 Å². The van der Waals surface area contributed by atoms with Crippen molar-refractivity contribution in [3.8, 4) is 0 Å². The molecule has 1 fully saturated rings. The third-order valence-electron chi connectivity index (χ3n) is 3.13. The van der Waals surface area contributed by atoms with Crippen molar-refractivity contribution in [3.05, 3.63) is 12.7 Å². The molecule has 0 nitrogen and oxygen atoms in total. The zero-order valence-electron chi connectivity index (χ0n) is 8.01. The van der Waals surface area contributed by atoms with Crippen molar-refractivity contribution in [3.63, 3.8) is 0 Å². The second-order valence-corrected chi connectivity index (χ2v) is 4.34. The van der Waals surface area contributed by atoms with Crippen LogP contribution in [0.4, 0.5) is 0 Å². The lowest BCUT2D eigenvalue weighted by Crippen LogP contribution is -2.27. The summed E-state index contributed by atoms with van der Waals surface area (Å²) in [5, 5.41) is 0. The van der Waals surface area contributed by atoms with Gasteiger partial charge in [0, 0.05) is 0 Å². The van der Waals surface area contributed by atoms with E-state index in [9.17, 15) is 0 Å². The lowest BCUT2D eigenvalue weighted by molar-refractivity contribution is 0.173. The van der Waals surface area contributed by atoms with Crippen molar-refractivity contribution in [1.29, 1.82) is 0 Å². The molecule has 2 unspecified atom stereocenters. The minimum absolute atomic E-state index is 0.770. The first-order valence-electron chi connectivity index (χ1n) is 4.77. The van der Waals surface area contributed by atoms with Crippen LogP contribution in [0, 0.1) is 23.7 Å². The van der Waals surface area contributed by atoms with Gasteiger partial charge in [-0.05, 0) is 36.5 Å². The fraction of sp³-hybridized carbons (Fsp3) is 0.818. The summed E-state index contributed by atoms with van der Waals surface area (Å²) in [5.41, 5.74) is 0. The van der Waals surface area contributed by atoms with Gasteiger partial charge < -0.3 is 0 Å². The second-order valence-electron chi connectivity index (χ2n) is 4.34. The molecule has 0 aromatic rings. The van der Waals surface area contributed by atoms with Crippen molar-refractivity contribution < 1.29 is 0 Å². The van der Waals surface area contributed by atoms with Gasteiger partial charge in [0.25, 0.3) is 0 Å². The molecule has 1 rings (SSSR count). The van der Waals surface area contributed by atoms with Gasteiger partial charge in [0.15, 0.2) is 0 Å². The smallest absolute Gasteiger partial charge is 0.0185 e. The van der Waals surface area contributed by atoms with E-state index in [2.05, 4.69) is 33.4 Å². The molecule has 2 atom stereocenters. The summed E-state index contributed by atoms with van der Waals surface area (Å²) in [4.78, 5) is 0. The van der Waals surface area contributed by atoms with E-state index in [-0.39, 0.29) is 0 Å². The molecule has 64 valence electrons. The van der Waals surface area contributed by atoms with Gasteiger partial charge >= 0.3 is 0 Å². The average Bonchev–Trinajstić information content (AvgIpc) is 1.85. The first kappa shape index (κ1) is 8.83. The van der Waals surface area contributed by atoms with Gasteiger partial charge in [-0.2, -0.15) is 0 Å². The molecule has 0 spiro atoms. The van der Waals surface area contributed by atoms with Crippen molar-refractivity contribution in [2.24, 2.45) is 23.7 Å². The normalized spacial score (nSPS) is 45.4. The molecular formula is C11H20. The Morgan fingerprint density at radius 1 is 1.09 bits per heavy atom.